The van der Waals surface area contributed by atoms with Crippen LogP contribution in [0.3, 0.4) is 0 Å². The van der Waals surface area contributed by atoms with Crippen molar-refractivity contribution in [1.82, 2.24) is 10.3 Å². The van der Waals surface area contributed by atoms with E-state index >= 15 is 0 Å². The molecule has 1 N–H and O–H groups in total. The summed E-state index contributed by atoms with van der Waals surface area (Å²) in [6.07, 6.45) is 0.840. The van der Waals surface area contributed by atoms with E-state index in [0.717, 1.165) is 17.3 Å². The summed E-state index contributed by atoms with van der Waals surface area (Å²) in [7, 11) is 0. The lowest BCUT2D eigenvalue weighted by Crippen LogP contribution is -2.35. The van der Waals surface area contributed by atoms with Crippen molar-refractivity contribution >= 4 is 28.4 Å². The minimum absolute atomic E-state index is 0.0690. The van der Waals surface area contributed by atoms with E-state index in [0.29, 0.717) is 23.9 Å². The molecule has 19 heavy (non-hydrogen) atoms. The fraction of sp³-hybridized carbons (Fsp3) is 0.286. The molecule has 5 heteroatoms. The number of aromatic nitrogens is 1. The topological polar surface area (TPSA) is 51.2 Å². The number of nitrogens with zero attached hydrogens (tertiary/aromatic N) is 1. The predicted octanol–water partition coefficient (Wildman–Crippen LogP) is 2.41. The van der Waals surface area contributed by atoms with Gasteiger partial charge in [0.25, 0.3) is 5.91 Å². The van der Waals surface area contributed by atoms with Crippen molar-refractivity contribution in [3.8, 4) is 0 Å². The summed E-state index contributed by atoms with van der Waals surface area (Å²) in [5.41, 5.74) is 1.07. The number of nitrogens with one attached hydrogen (secondary N) is 1. The van der Waals surface area contributed by atoms with E-state index in [9.17, 15) is 4.79 Å². The van der Waals surface area contributed by atoms with Crippen molar-refractivity contribution in [1.29, 1.82) is 0 Å². The Hall–Kier alpha value is -1.65. The van der Waals surface area contributed by atoms with E-state index in [1.54, 1.807) is 6.07 Å². The Morgan fingerprint density at radius 1 is 1.42 bits per heavy atom. The maximum absolute atomic E-state index is 12.1. The Bertz CT molecular complexity index is 624. The third-order valence-corrected chi connectivity index (χ3v) is 3.48. The van der Waals surface area contributed by atoms with Gasteiger partial charge in [-0.25, -0.2) is 4.98 Å². The summed E-state index contributed by atoms with van der Waals surface area (Å²) in [5, 5.41) is 4.29. The Balaban J connectivity index is 1.89. The number of benzene rings is 1. The van der Waals surface area contributed by atoms with Gasteiger partial charge in [-0.15, -0.1) is 0 Å². The first-order chi connectivity index (χ1) is 9.24. The molecule has 2 heterocycles. The summed E-state index contributed by atoms with van der Waals surface area (Å²) in [4.78, 5) is 16.4. The molecule has 4 nitrogen and oxygen atoms in total. The van der Waals surface area contributed by atoms with Crippen LogP contribution in [0.2, 0.25) is 5.02 Å². The molecule has 1 amide bonds. The van der Waals surface area contributed by atoms with Gasteiger partial charge in [0.05, 0.1) is 23.2 Å². The standard InChI is InChI=1S/C14H13ClN2O2/c15-11-7-13(14(18)16-9-5-6-19-8-9)17-12-4-2-1-3-10(11)12/h1-4,7,9H,5-6,8H2,(H,16,18). The van der Waals surface area contributed by atoms with Crippen molar-refractivity contribution in [2.75, 3.05) is 13.2 Å². The van der Waals surface area contributed by atoms with Gasteiger partial charge in [-0.2, -0.15) is 0 Å². The fourth-order valence-corrected chi connectivity index (χ4v) is 2.42. The Morgan fingerprint density at radius 2 is 2.26 bits per heavy atom. The van der Waals surface area contributed by atoms with Gasteiger partial charge in [-0.3, -0.25) is 4.79 Å². The van der Waals surface area contributed by atoms with E-state index in [2.05, 4.69) is 10.3 Å². The minimum Gasteiger partial charge on any atom is -0.379 e. The highest BCUT2D eigenvalue weighted by atomic mass is 35.5. The highest BCUT2D eigenvalue weighted by molar-refractivity contribution is 6.35. The molecule has 98 valence electrons. The number of hydrogen-bond acceptors (Lipinski definition) is 3. The van der Waals surface area contributed by atoms with Crippen molar-refractivity contribution < 1.29 is 9.53 Å². The van der Waals surface area contributed by atoms with Crippen molar-refractivity contribution in [2.24, 2.45) is 0 Å². The lowest BCUT2D eigenvalue weighted by molar-refractivity contribution is 0.0925. The van der Waals surface area contributed by atoms with Gasteiger partial charge in [0.1, 0.15) is 5.69 Å². The van der Waals surface area contributed by atoms with Gasteiger partial charge in [-0.1, -0.05) is 29.8 Å². The normalized spacial score (nSPS) is 18.7. The first-order valence-electron chi connectivity index (χ1n) is 6.18. The van der Waals surface area contributed by atoms with Gasteiger partial charge in [0, 0.05) is 12.0 Å². The van der Waals surface area contributed by atoms with Crippen LogP contribution in [-0.2, 0) is 4.74 Å². The predicted molar refractivity (Wildman–Crippen MR) is 73.4 cm³/mol. The van der Waals surface area contributed by atoms with E-state index in [1.165, 1.54) is 0 Å². The number of amides is 1. The zero-order valence-electron chi connectivity index (χ0n) is 10.2. The minimum atomic E-state index is -0.205. The molecule has 1 aromatic carbocycles. The van der Waals surface area contributed by atoms with Crippen LogP contribution in [0, 0.1) is 0 Å². The second-order valence-corrected chi connectivity index (χ2v) is 4.95. The molecule has 1 unspecified atom stereocenters. The van der Waals surface area contributed by atoms with Gasteiger partial charge in [-0.05, 0) is 18.6 Å². The Morgan fingerprint density at radius 3 is 3.05 bits per heavy atom. The van der Waals surface area contributed by atoms with Gasteiger partial charge in [0.15, 0.2) is 0 Å². The van der Waals surface area contributed by atoms with Crippen molar-refractivity contribution in [2.45, 2.75) is 12.5 Å². The molecule has 0 bridgehead atoms. The number of pyridine rings is 1. The zero-order valence-corrected chi connectivity index (χ0v) is 11.0. The molecule has 0 spiro atoms. The first-order valence-corrected chi connectivity index (χ1v) is 6.56. The molecule has 1 saturated heterocycles. The van der Waals surface area contributed by atoms with Crippen LogP contribution in [-0.4, -0.2) is 30.1 Å². The van der Waals surface area contributed by atoms with E-state index in [-0.39, 0.29) is 11.9 Å². The molecule has 1 fully saturated rings. The highest BCUT2D eigenvalue weighted by Gasteiger charge is 2.19. The zero-order chi connectivity index (χ0) is 13.2. The smallest absolute Gasteiger partial charge is 0.270 e. The summed E-state index contributed by atoms with van der Waals surface area (Å²) in [5.74, 6) is -0.205. The van der Waals surface area contributed by atoms with Gasteiger partial charge >= 0.3 is 0 Å². The fourth-order valence-electron chi connectivity index (χ4n) is 2.16. The summed E-state index contributed by atoms with van der Waals surface area (Å²) in [6, 6.07) is 9.17. The molecule has 0 radical (unpaired) electrons. The number of carbonyl (C=O) groups excluding carboxylic acids is 1. The maximum Gasteiger partial charge on any atom is 0.270 e. The number of halogens is 1. The molecular formula is C14H13ClN2O2. The molecule has 2 aromatic rings. The van der Waals surface area contributed by atoms with E-state index in [1.807, 2.05) is 24.3 Å². The quantitative estimate of drug-likeness (QED) is 0.916. The van der Waals surface area contributed by atoms with Crippen LogP contribution in [0.15, 0.2) is 30.3 Å². The SMILES string of the molecule is O=C(NC1CCOC1)c1cc(Cl)c2ccccc2n1. The molecule has 1 aromatic heterocycles. The summed E-state index contributed by atoms with van der Waals surface area (Å²) in [6.45, 7) is 1.25. The van der Waals surface area contributed by atoms with Crippen LogP contribution in [0.4, 0.5) is 0 Å². The molecule has 1 atom stereocenters. The molecule has 1 aliphatic heterocycles. The van der Waals surface area contributed by atoms with Crippen molar-refractivity contribution in [3.05, 3.63) is 41.0 Å². The maximum atomic E-state index is 12.1. The molecule has 3 rings (SSSR count). The van der Waals surface area contributed by atoms with Crippen LogP contribution < -0.4 is 5.32 Å². The van der Waals surface area contributed by atoms with E-state index in [4.69, 9.17) is 16.3 Å². The lowest BCUT2D eigenvalue weighted by atomic mass is 10.2. The van der Waals surface area contributed by atoms with Crippen LogP contribution >= 0.6 is 11.6 Å². The average molecular weight is 277 g/mol. The van der Waals surface area contributed by atoms with Crippen molar-refractivity contribution in [3.63, 3.8) is 0 Å². The van der Waals surface area contributed by atoms with Gasteiger partial charge in [0.2, 0.25) is 0 Å². The molecule has 1 aliphatic rings. The number of para-hydroxylation sites is 1. The van der Waals surface area contributed by atoms with E-state index < -0.39 is 0 Å². The lowest BCUT2D eigenvalue weighted by Gasteiger charge is -2.11. The van der Waals surface area contributed by atoms with Crippen LogP contribution in [0.25, 0.3) is 10.9 Å². The number of ether oxygens (including phenoxy) is 1. The van der Waals surface area contributed by atoms with Crippen LogP contribution in [0.1, 0.15) is 16.9 Å². The second-order valence-electron chi connectivity index (χ2n) is 4.54. The Kier molecular flexibility index (Phi) is 3.36. The number of hydrogen-bond donors (Lipinski definition) is 1. The third kappa shape index (κ3) is 2.55. The largest absolute Gasteiger partial charge is 0.379 e. The third-order valence-electron chi connectivity index (χ3n) is 3.16. The summed E-state index contributed by atoms with van der Waals surface area (Å²) < 4.78 is 5.23. The molecule has 0 saturated carbocycles. The van der Waals surface area contributed by atoms with Gasteiger partial charge < -0.3 is 10.1 Å². The molecular weight excluding hydrogens is 264 g/mol. The summed E-state index contributed by atoms with van der Waals surface area (Å²) >= 11 is 6.18. The monoisotopic (exact) mass is 276 g/mol. The first kappa shape index (κ1) is 12.4. The Labute approximate surface area is 115 Å². The number of rotatable bonds is 2. The van der Waals surface area contributed by atoms with Crippen LogP contribution in [0.5, 0.6) is 0 Å². The number of fused-ring (bicyclic) bond motifs is 1. The second kappa shape index (κ2) is 5.15. The number of carbonyl (C=O) groups is 1. The highest BCUT2D eigenvalue weighted by Crippen LogP contribution is 2.22. The molecule has 0 aliphatic carbocycles. The average Bonchev–Trinajstić information content (AvgIpc) is 2.91.